The molecule has 2 aromatic carbocycles. The first-order valence-electron chi connectivity index (χ1n) is 6.83. The van der Waals surface area contributed by atoms with Crippen molar-refractivity contribution in [3.63, 3.8) is 0 Å². The summed E-state index contributed by atoms with van der Waals surface area (Å²) in [6.07, 6.45) is 0. The van der Waals surface area contributed by atoms with Gasteiger partial charge in [-0.25, -0.2) is 0 Å². The van der Waals surface area contributed by atoms with Gasteiger partial charge in [0.2, 0.25) is 0 Å². The molecule has 3 aromatic rings. The van der Waals surface area contributed by atoms with E-state index in [9.17, 15) is 4.21 Å². The first kappa shape index (κ1) is 14.0. The number of aryl methyl sites for hydroxylation is 1. The fourth-order valence-corrected chi connectivity index (χ4v) is 3.66. The monoisotopic (exact) mass is 299 g/mol. The van der Waals surface area contributed by atoms with Gasteiger partial charge in [-0.3, -0.25) is 4.21 Å². The molecule has 2 unspecified atom stereocenters. The smallest absolute Gasteiger partial charge is 0.134 e. The van der Waals surface area contributed by atoms with Crippen LogP contribution in [0.4, 0.5) is 0 Å². The zero-order chi connectivity index (χ0) is 14.8. The summed E-state index contributed by atoms with van der Waals surface area (Å²) in [4.78, 5) is 0.837. The number of hydrogen-bond donors (Lipinski definition) is 1. The van der Waals surface area contributed by atoms with Gasteiger partial charge in [-0.1, -0.05) is 36.4 Å². The van der Waals surface area contributed by atoms with Crippen molar-refractivity contribution in [3.05, 3.63) is 65.9 Å². The Labute approximate surface area is 126 Å². The molecule has 0 radical (unpaired) electrons. The molecule has 0 aliphatic rings. The highest BCUT2D eigenvalue weighted by Crippen LogP contribution is 2.24. The number of rotatable bonds is 4. The lowest BCUT2D eigenvalue weighted by Crippen LogP contribution is -2.18. The molecule has 0 saturated carbocycles. The molecule has 0 saturated heterocycles. The van der Waals surface area contributed by atoms with Crippen LogP contribution in [0, 0.1) is 6.92 Å². The Kier molecular flexibility index (Phi) is 3.90. The fourth-order valence-electron chi connectivity index (χ4n) is 2.33. The van der Waals surface area contributed by atoms with E-state index in [1.807, 2.05) is 61.5 Å². The van der Waals surface area contributed by atoms with Gasteiger partial charge in [0, 0.05) is 10.3 Å². The van der Waals surface area contributed by atoms with E-state index in [0.717, 1.165) is 21.4 Å². The van der Waals surface area contributed by atoms with Crippen molar-refractivity contribution in [3.8, 4) is 0 Å². The Morgan fingerprint density at radius 3 is 2.62 bits per heavy atom. The van der Waals surface area contributed by atoms with Crippen LogP contribution in [-0.2, 0) is 10.8 Å². The standard InChI is InChI=1S/C17H17NO2S/c1-12-6-2-5-9-17(12)21(19)11-14(18)16-10-13-7-3-4-8-15(13)20-16/h2-10,14H,11,18H2,1H3. The number of nitrogens with two attached hydrogens (primary N) is 1. The van der Waals surface area contributed by atoms with Crippen molar-refractivity contribution in [1.82, 2.24) is 0 Å². The van der Waals surface area contributed by atoms with Gasteiger partial charge >= 0.3 is 0 Å². The van der Waals surface area contributed by atoms with Crippen molar-refractivity contribution < 1.29 is 8.63 Å². The van der Waals surface area contributed by atoms with Crippen molar-refractivity contribution >= 4 is 21.8 Å². The van der Waals surface area contributed by atoms with Gasteiger partial charge in [0.25, 0.3) is 0 Å². The molecule has 3 rings (SSSR count). The van der Waals surface area contributed by atoms with Crippen LogP contribution in [0.2, 0.25) is 0 Å². The third-order valence-corrected chi connectivity index (χ3v) is 5.09. The summed E-state index contributed by atoms with van der Waals surface area (Å²) < 4.78 is 18.2. The second-order valence-corrected chi connectivity index (χ2v) is 6.53. The maximum Gasteiger partial charge on any atom is 0.134 e. The zero-order valence-corrected chi connectivity index (χ0v) is 12.6. The first-order chi connectivity index (χ1) is 10.1. The van der Waals surface area contributed by atoms with Crippen LogP contribution in [0.1, 0.15) is 17.4 Å². The van der Waals surface area contributed by atoms with Crippen molar-refractivity contribution in [2.75, 3.05) is 5.75 Å². The van der Waals surface area contributed by atoms with Crippen LogP contribution in [0.5, 0.6) is 0 Å². The molecule has 0 bridgehead atoms. The van der Waals surface area contributed by atoms with E-state index in [4.69, 9.17) is 10.2 Å². The third kappa shape index (κ3) is 2.91. The summed E-state index contributed by atoms with van der Waals surface area (Å²) in [7, 11) is -1.13. The molecule has 0 aliphatic heterocycles. The maximum absolute atomic E-state index is 12.5. The molecule has 21 heavy (non-hydrogen) atoms. The Morgan fingerprint density at radius 2 is 1.86 bits per heavy atom. The maximum atomic E-state index is 12.5. The highest BCUT2D eigenvalue weighted by atomic mass is 32.2. The van der Waals surface area contributed by atoms with Gasteiger partial charge in [0.05, 0.1) is 22.6 Å². The Balaban J connectivity index is 1.81. The van der Waals surface area contributed by atoms with Crippen LogP contribution in [0.15, 0.2) is 63.9 Å². The topological polar surface area (TPSA) is 56.2 Å². The lowest BCUT2D eigenvalue weighted by atomic mass is 10.2. The van der Waals surface area contributed by atoms with Crippen LogP contribution in [0.3, 0.4) is 0 Å². The first-order valence-corrected chi connectivity index (χ1v) is 8.15. The van der Waals surface area contributed by atoms with Gasteiger partial charge in [0.1, 0.15) is 11.3 Å². The van der Waals surface area contributed by atoms with E-state index in [-0.39, 0.29) is 6.04 Å². The zero-order valence-electron chi connectivity index (χ0n) is 11.8. The second kappa shape index (κ2) is 5.84. The van der Waals surface area contributed by atoms with Crippen LogP contribution < -0.4 is 5.73 Å². The van der Waals surface area contributed by atoms with E-state index in [2.05, 4.69) is 0 Å². The predicted molar refractivity (Wildman–Crippen MR) is 85.6 cm³/mol. The molecule has 0 spiro atoms. The Bertz CT molecular complexity index is 761. The number of fused-ring (bicyclic) bond motifs is 1. The van der Waals surface area contributed by atoms with Crippen LogP contribution in [-0.4, -0.2) is 9.96 Å². The predicted octanol–water partition coefficient (Wildman–Crippen LogP) is 3.55. The minimum absolute atomic E-state index is 0.352. The molecule has 1 aromatic heterocycles. The minimum Gasteiger partial charge on any atom is -0.459 e. The van der Waals surface area contributed by atoms with Gasteiger partial charge in [0.15, 0.2) is 0 Å². The second-order valence-electron chi connectivity index (χ2n) is 5.07. The molecular formula is C17H17NO2S. The Hall–Kier alpha value is -1.91. The summed E-state index contributed by atoms with van der Waals surface area (Å²) in [5.41, 5.74) is 7.99. The minimum atomic E-state index is -1.13. The molecule has 0 amide bonds. The number of para-hydroxylation sites is 1. The molecule has 0 fully saturated rings. The molecule has 2 N–H and O–H groups in total. The molecule has 1 heterocycles. The molecular weight excluding hydrogens is 282 g/mol. The SMILES string of the molecule is Cc1ccccc1S(=O)CC(N)c1cc2ccccc2o1. The van der Waals surface area contributed by atoms with Crippen LogP contribution in [0.25, 0.3) is 11.0 Å². The van der Waals surface area contributed by atoms with E-state index in [1.54, 1.807) is 0 Å². The summed E-state index contributed by atoms with van der Waals surface area (Å²) in [5.74, 6) is 1.03. The van der Waals surface area contributed by atoms with Gasteiger partial charge in [-0.15, -0.1) is 0 Å². The average Bonchev–Trinajstić information content (AvgIpc) is 2.91. The number of furan rings is 1. The van der Waals surface area contributed by atoms with Crippen molar-refractivity contribution in [2.24, 2.45) is 5.73 Å². The van der Waals surface area contributed by atoms with E-state index in [1.165, 1.54) is 0 Å². The molecule has 3 nitrogen and oxygen atoms in total. The van der Waals surface area contributed by atoms with E-state index in [0.29, 0.717) is 11.5 Å². The fraction of sp³-hybridized carbons (Fsp3) is 0.176. The van der Waals surface area contributed by atoms with E-state index < -0.39 is 10.8 Å². The van der Waals surface area contributed by atoms with Gasteiger partial charge in [-0.2, -0.15) is 0 Å². The number of benzene rings is 2. The van der Waals surface area contributed by atoms with Crippen molar-refractivity contribution in [1.29, 1.82) is 0 Å². The molecule has 4 heteroatoms. The van der Waals surface area contributed by atoms with Gasteiger partial charge < -0.3 is 10.2 Å². The highest BCUT2D eigenvalue weighted by Gasteiger charge is 2.17. The summed E-state index contributed by atoms with van der Waals surface area (Å²) in [5, 5.41) is 1.02. The van der Waals surface area contributed by atoms with Crippen LogP contribution >= 0.6 is 0 Å². The lowest BCUT2D eigenvalue weighted by Gasteiger charge is -2.10. The summed E-state index contributed by atoms with van der Waals surface area (Å²) >= 11 is 0. The molecule has 0 aliphatic carbocycles. The highest BCUT2D eigenvalue weighted by molar-refractivity contribution is 7.85. The molecule has 108 valence electrons. The molecule has 2 atom stereocenters. The van der Waals surface area contributed by atoms with E-state index >= 15 is 0 Å². The van der Waals surface area contributed by atoms with Crippen molar-refractivity contribution in [2.45, 2.75) is 17.9 Å². The Morgan fingerprint density at radius 1 is 1.14 bits per heavy atom. The van der Waals surface area contributed by atoms with Gasteiger partial charge in [-0.05, 0) is 30.7 Å². The quantitative estimate of drug-likeness (QED) is 0.801. The summed E-state index contributed by atoms with van der Waals surface area (Å²) in [6, 6.07) is 17.0. The normalized spacial score (nSPS) is 14.2. The third-order valence-electron chi connectivity index (χ3n) is 3.48. The number of hydrogen-bond acceptors (Lipinski definition) is 3. The lowest BCUT2D eigenvalue weighted by molar-refractivity contribution is 0.513. The average molecular weight is 299 g/mol. The summed E-state index contributed by atoms with van der Waals surface area (Å²) in [6.45, 7) is 1.96. The largest absolute Gasteiger partial charge is 0.459 e.